The molecule has 0 aromatic carbocycles. The molecule has 74 valence electrons. The summed E-state index contributed by atoms with van der Waals surface area (Å²) in [4.78, 5) is 4.22. The maximum absolute atomic E-state index is 5.50. The van der Waals surface area contributed by atoms with Crippen molar-refractivity contribution in [1.82, 2.24) is 14.8 Å². The molecular weight excluding hydrogens is 178 g/mol. The SMILES string of the molecule is Cc1cnc(C(C)(C)n2cccn2)o1. The van der Waals surface area contributed by atoms with E-state index >= 15 is 0 Å². The minimum atomic E-state index is -0.336. The second-order valence-electron chi connectivity index (χ2n) is 3.79. The molecule has 0 aliphatic carbocycles. The minimum Gasteiger partial charge on any atom is -0.443 e. The van der Waals surface area contributed by atoms with Crippen molar-refractivity contribution in [2.45, 2.75) is 26.3 Å². The number of hydrogen-bond acceptors (Lipinski definition) is 3. The van der Waals surface area contributed by atoms with Crippen LogP contribution in [0.5, 0.6) is 0 Å². The molecule has 14 heavy (non-hydrogen) atoms. The summed E-state index contributed by atoms with van der Waals surface area (Å²) in [5.74, 6) is 1.50. The third-order valence-electron chi connectivity index (χ3n) is 2.22. The van der Waals surface area contributed by atoms with Gasteiger partial charge >= 0.3 is 0 Å². The molecule has 0 saturated heterocycles. The van der Waals surface area contributed by atoms with Crippen LogP contribution in [0.2, 0.25) is 0 Å². The fourth-order valence-corrected chi connectivity index (χ4v) is 1.34. The van der Waals surface area contributed by atoms with Gasteiger partial charge in [0.25, 0.3) is 0 Å². The van der Waals surface area contributed by atoms with Crippen molar-refractivity contribution in [2.75, 3.05) is 0 Å². The molecule has 2 rings (SSSR count). The maximum Gasteiger partial charge on any atom is 0.221 e. The highest BCUT2D eigenvalue weighted by molar-refractivity contribution is 5.04. The zero-order chi connectivity index (χ0) is 10.2. The van der Waals surface area contributed by atoms with E-state index in [0.29, 0.717) is 5.89 Å². The van der Waals surface area contributed by atoms with Gasteiger partial charge in [0.05, 0.1) is 6.20 Å². The highest BCUT2D eigenvalue weighted by Crippen LogP contribution is 2.23. The zero-order valence-electron chi connectivity index (χ0n) is 8.56. The van der Waals surface area contributed by atoms with Crippen LogP contribution >= 0.6 is 0 Å². The van der Waals surface area contributed by atoms with Crippen LogP contribution in [0.4, 0.5) is 0 Å². The Balaban J connectivity index is 2.42. The van der Waals surface area contributed by atoms with Crippen molar-refractivity contribution < 1.29 is 4.42 Å². The maximum atomic E-state index is 5.50. The van der Waals surface area contributed by atoms with E-state index < -0.39 is 0 Å². The largest absolute Gasteiger partial charge is 0.443 e. The Morgan fingerprint density at radius 3 is 2.71 bits per heavy atom. The summed E-state index contributed by atoms with van der Waals surface area (Å²) in [6.45, 7) is 5.92. The van der Waals surface area contributed by atoms with Crippen molar-refractivity contribution in [2.24, 2.45) is 0 Å². The molecule has 0 aliphatic rings. The normalized spacial score (nSPS) is 11.9. The third-order valence-corrected chi connectivity index (χ3v) is 2.22. The molecule has 4 nitrogen and oxygen atoms in total. The van der Waals surface area contributed by atoms with Crippen molar-refractivity contribution in [3.63, 3.8) is 0 Å². The van der Waals surface area contributed by atoms with Gasteiger partial charge in [-0.1, -0.05) is 0 Å². The fourth-order valence-electron chi connectivity index (χ4n) is 1.34. The number of rotatable bonds is 2. The monoisotopic (exact) mass is 191 g/mol. The molecule has 0 atom stereocenters. The highest BCUT2D eigenvalue weighted by Gasteiger charge is 2.28. The Hall–Kier alpha value is -1.58. The number of oxazole rings is 1. The standard InChI is InChI=1S/C10H13N3O/c1-8-7-11-9(14-8)10(2,3)13-6-4-5-12-13/h4-7H,1-3H3. The summed E-state index contributed by atoms with van der Waals surface area (Å²) in [5.41, 5.74) is -0.336. The molecule has 0 aliphatic heterocycles. The molecule has 2 aromatic rings. The lowest BCUT2D eigenvalue weighted by Gasteiger charge is -2.21. The first-order valence-electron chi connectivity index (χ1n) is 4.54. The summed E-state index contributed by atoms with van der Waals surface area (Å²) in [6, 6.07) is 1.89. The van der Waals surface area contributed by atoms with Gasteiger partial charge in [0.1, 0.15) is 11.3 Å². The topological polar surface area (TPSA) is 43.9 Å². The van der Waals surface area contributed by atoms with E-state index in [1.54, 1.807) is 12.4 Å². The van der Waals surface area contributed by atoms with Gasteiger partial charge in [-0.25, -0.2) is 4.98 Å². The van der Waals surface area contributed by atoms with Crippen LogP contribution in [0.25, 0.3) is 0 Å². The number of hydrogen-bond donors (Lipinski definition) is 0. The Kier molecular flexibility index (Phi) is 1.91. The smallest absolute Gasteiger partial charge is 0.221 e. The van der Waals surface area contributed by atoms with Gasteiger partial charge in [-0.15, -0.1) is 0 Å². The predicted octanol–water partition coefficient (Wildman–Crippen LogP) is 1.96. The zero-order valence-corrected chi connectivity index (χ0v) is 8.56. The molecule has 4 heteroatoms. The van der Waals surface area contributed by atoms with E-state index in [1.807, 2.05) is 37.7 Å². The molecule has 0 spiro atoms. The second kappa shape index (κ2) is 2.97. The number of aryl methyl sites for hydroxylation is 1. The lowest BCUT2D eigenvalue weighted by molar-refractivity contribution is 0.293. The summed E-state index contributed by atoms with van der Waals surface area (Å²) in [5, 5.41) is 4.19. The quantitative estimate of drug-likeness (QED) is 0.728. The van der Waals surface area contributed by atoms with E-state index in [-0.39, 0.29) is 5.54 Å². The van der Waals surface area contributed by atoms with Crippen LogP contribution < -0.4 is 0 Å². The first-order valence-corrected chi connectivity index (χ1v) is 4.54. The molecule has 0 saturated carbocycles. The van der Waals surface area contributed by atoms with Gasteiger partial charge in [0, 0.05) is 12.4 Å². The molecule has 2 aromatic heterocycles. The summed E-state index contributed by atoms with van der Waals surface area (Å²) in [6.07, 6.45) is 5.37. The van der Waals surface area contributed by atoms with E-state index in [2.05, 4.69) is 10.1 Å². The Morgan fingerprint density at radius 1 is 1.43 bits per heavy atom. The molecule has 0 N–H and O–H groups in total. The molecule has 0 radical (unpaired) electrons. The van der Waals surface area contributed by atoms with Crippen molar-refractivity contribution in [3.05, 3.63) is 36.3 Å². The molecular formula is C10H13N3O. The number of aromatic nitrogens is 3. The molecule has 0 unspecified atom stereocenters. The first kappa shape index (κ1) is 8.99. The second-order valence-corrected chi connectivity index (χ2v) is 3.79. The number of nitrogens with zero attached hydrogens (tertiary/aromatic N) is 3. The van der Waals surface area contributed by atoms with Gasteiger partial charge in [-0.3, -0.25) is 4.68 Å². The fraction of sp³-hybridized carbons (Fsp3) is 0.400. The first-order chi connectivity index (χ1) is 6.60. The highest BCUT2D eigenvalue weighted by atomic mass is 16.4. The summed E-state index contributed by atoms with van der Waals surface area (Å²) >= 11 is 0. The van der Waals surface area contributed by atoms with E-state index in [4.69, 9.17) is 4.42 Å². The average Bonchev–Trinajstić information content (AvgIpc) is 2.72. The van der Waals surface area contributed by atoms with Crippen LogP contribution in [-0.2, 0) is 5.54 Å². The van der Waals surface area contributed by atoms with Crippen molar-refractivity contribution >= 4 is 0 Å². The van der Waals surface area contributed by atoms with Crippen LogP contribution in [0.3, 0.4) is 0 Å². The third kappa shape index (κ3) is 1.32. The van der Waals surface area contributed by atoms with Crippen LogP contribution in [0.15, 0.2) is 29.1 Å². The summed E-state index contributed by atoms with van der Waals surface area (Å²) in [7, 11) is 0. The van der Waals surface area contributed by atoms with E-state index in [1.165, 1.54) is 0 Å². The van der Waals surface area contributed by atoms with E-state index in [9.17, 15) is 0 Å². The van der Waals surface area contributed by atoms with Crippen LogP contribution in [0, 0.1) is 6.92 Å². The Bertz CT molecular complexity index is 414. The molecule has 0 amide bonds. The van der Waals surface area contributed by atoms with Crippen molar-refractivity contribution in [1.29, 1.82) is 0 Å². The van der Waals surface area contributed by atoms with Gasteiger partial charge in [-0.2, -0.15) is 5.10 Å². The van der Waals surface area contributed by atoms with Crippen LogP contribution in [0.1, 0.15) is 25.5 Å². The molecule has 0 bridgehead atoms. The average molecular weight is 191 g/mol. The lowest BCUT2D eigenvalue weighted by atomic mass is 10.1. The van der Waals surface area contributed by atoms with E-state index in [0.717, 1.165) is 5.76 Å². The van der Waals surface area contributed by atoms with Gasteiger partial charge < -0.3 is 4.42 Å². The lowest BCUT2D eigenvalue weighted by Crippen LogP contribution is -2.28. The van der Waals surface area contributed by atoms with Crippen molar-refractivity contribution in [3.8, 4) is 0 Å². The predicted molar refractivity (Wildman–Crippen MR) is 51.9 cm³/mol. The van der Waals surface area contributed by atoms with Crippen LogP contribution in [-0.4, -0.2) is 14.8 Å². The Morgan fingerprint density at radius 2 is 2.21 bits per heavy atom. The van der Waals surface area contributed by atoms with Gasteiger partial charge in [0.15, 0.2) is 0 Å². The minimum absolute atomic E-state index is 0.336. The van der Waals surface area contributed by atoms with Gasteiger partial charge in [-0.05, 0) is 26.8 Å². The Labute approximate surface area is 82.6 Å². The molecule has 0 fully saturated rings. The summed E-state index contributed by atoms with van der Waals surface area (Å²) < 4.78 is 7.33. The molecule has 2 heterocycles. The van der Waals surface area contributed by atoms with Gasteiger partial charge in [0.2, 0.25) is 5.89 Å².